The molecular weight excluding hydrogens is 264 g/mol. The van der Waals surface area contributed by atoms with Crippen molar-refractivity contribution in [3.8, 4) is 0 Å². The minimum atomic E-state index is -0.214. The summed E-state index contributed by atoms with van der Waals surface area (Å²) in [5.41, 5.74) is 3.28. The Balaban J connectivity index is 1.76. The maximum atomic E-state index is 9.95. The molecule has 2 atom stereocenters. The van der Waals surface area contributed by atoms with Crippen LogP contribution in [-0.4, -0.2) is 63.6 Å². The molecule has 5 heteroatoms. The highest BCUT2D eigenvalue weighted by atomic mass is 16.3. The number of likely N-dealkylation sites (tertiary alicyclic amines) is 1. The largest absolute Gasteiger partial charge is 0.392 e. The van der Waals surface area contributed by atoms with Crippen molar-refractivity contribution >= 4 is 5.65 Å². The number of β-amino-alcohol motifs (C(OH)–C–C–N with tert-alkyl or cyclic N) is 1. The lowest BCUT2D eigenvalue weighted by Crippen LogP contribution is -2.37. The molecule has 0 aromatic carbocycles. The monoisotopic (exact) mass is 288 g/mol. The Morgan fingerprint density at radius 3 is 2.90 bits per heavy atom. The summed E-state index contributed by atoms with van der Waals surface area (Å²) in [5.74, 6) is 0. The van der Waals surface area contributed by atoms with Crippen LogP contribution in [-0.2, 0) is 6.54 Å². The molecule has 114 valence electrons. The molecule has 1 N–H and O–H groups in total. The summed E-state index contributed by atoms with van der Waals surface area (Å²) in [6, 6.07) is 4.54. The number of likely N-dealkylation sites (N-methyl/N-ethyl adjacent to an activating group) is 1. The molecule has 0 bridgehead atoms. The Labute approximate surface area is 125 Å². The second-order valence-corrected chi connectivity index (χ2v) is 6.44. The quantitative estimate of drug-likeness (QED) is 0.916. The SMILES string of the molecule is Cc1ccc2nc(CN3CC(O)CC3CN(C)C)cn2c1. The van der Waals surface area contributed by atoms with E-state index in [2.05, 4.69) is 64.7 Å². The summed E-state index contributed by atoms with van der Waals surface area (Å²) in [5, 5.41) is 9.95. The predicted molar refractivity (Wildman–Crippen MR) is 83.3 cm³/mol. The molecule has 1 aliphatic heterocycles. The lowest BCUT2D eigenvalue weighted by Gasteiger charge is -2.25. The van der Waals surface area contributed by atoms with Gasteiger partial charge in [-0.05, 0) is 39.1 Å². The molecule has 3 rings (SSSR count). The Hall–Kier alpha value is -1.43. The Morgan fingerprint density at radius 2 is 2.14 bits per heavy atom. The average molecular weight is 288 g/mol. The molecule has 2 aromatic rings. The van der Waals surface area contributed by atoms with Gasteiger partial charge in [0, 0.05) is 38.1 Å². The number of pyridine rings is 1. The van der Waals surface area contributed by atoms with Crippen LogP contribution in [0.4, 0.5) is 0 Å². The lowest BCUT2D eigenvalue weighted by atomic mass is 10.2. The van der Waals surface area contributed by atoms with Crippen molar-refractivity contribution in [3.05, 3.63) is 35.8 Å². The second-order valence-electron chi connectivity index (χ2n) is 6.44. The molecule has 1 aliphatic rings. The van der Waals surface area contributed by atoms with Gasteiger partial charge in [0.05, 0.1) is 11.8 Å². The first-order valence-electron chi connectivity index (χ1n) is 7.52. The van der Waals surface area contributed by atoms with Crippen molar-refractivity contribution in [2.75, 3.05) is 27.2 Å². The Kier molecular flexibility index (Phi) is 3.97. The summed E-state index contributed by atoms with van der Waals surface area (Å²) in [6.45, 7) is 4.61. The van der Waals surface area contributed by atoms with E-state index in [4.69, 9.17) is 0 Å². The second kappa shape index (κ2) is 5.75. The molecule has 0 spiro atoms. The van der Waals surface area contributed by atoms with Crippen LogP contribution in [0, 0.1) is 6.92 Å². The van der Waals surface area contributed by atoms with Gasteiger partial charge in [-0.15, -0.1) is 0 Å². The predicted octanol–water partition coefficient (Wildman–Crippen LogP) is 1.14. The number of aliphatic hydroxyl groups is 1. The first-order chi connectivity index (χ1) is 10.0. The van der Waals surface area contributed by atoms with E-state index in [1.54, 1.807) is 0 Å². The third kappa shape index (κ3) is 3.26. The standard InChI is InChI=1S/C16H24N4O/c1-12-4-5-16-17-13(9-20(16)7-12)8-19-11-15(21)6-14(19)10-18(2)3/h4-5,7,9,14-15,21H,6,8,10-11H2,1-3H3. The molecular formula is C16H24N4O. The van der Waals surface area contributed by atoms with Crippen molar-refractivity contribution in [3.63, 3.8) is 0 Å². The molecule has 2 unspecified atom stereocenters. The van der Waals surface area contributed by atoms with E-state index in [9.17, 15) is 5.11 Å². The highest BCUT2D eigenvalue weighted by molar-refractivity contribution is 5.41. The highest BCUT2D eigenvalue weighted by Gasteiger charge is 2.31. The van der Waals surface area contributed by atoms with Gasteiger partial charge in [-0.1, -0.05) is 6.07 Å². The van der Waals surface area contributed by atoms with Crippen molar-refractivity contribution in [2.45, 2.75) is 32.0 Å². The van der Waals surface area contributed by atoms with E-state index >= 15 is 0 Å². The van der Waals surface area contributed by atoms with Crippen LogP contribution in [0.3, 0.4) is 0 Å². The van der Waals surface area contributed by atoms with E-state index in [0.717, 1.165) is 37.4 Å². The third-order valence-corrected chi connectivity index (χ3v) is 4.10. The van der Waals surface area contributed by atoms with E-state index in [1.807, 2.05) is 0 Å². The zero-order valence-electron chi connectivity index (χ0n) is 13.0. The van der Waals surface area contributed by atoms with Crippen LogP contribution in [0.1, 0.15) is 17.7 Å². The van der Waals surface area contributed by atoms with Crippen LogP contribution < -0.4 is 0 Å². The van der Waals surface area contributed by atoms with Gasteiger partial charge < -0.3 is 14.4 Å². The fourth-order valence-electron chi connectivity index (χ4n) is 3.20. The molecule has 0 aliphatic carbocycles. The Morgan fingerprint density at radius 1 is 1.33 bits per heavy atom. The van der Waals surface area contributed by atoms with Gasteiger partial charge in [-0.25, -0.2) is 4.98 Å². The molecule has 0 saturated carbocycles. The first kappa shape index (κ1) is 14.5. The van der Waals surface area contributed by atoms with E-state index in [1.165, 1.54) is 5.56 Å². The molecule has 0 amide bonds. The number of fused-ring (bicyclic) bond motifs is 1. The molecule has 3 heterocycles. The van der Waals surface area contributed by atoms with Gasteiger partial charge in [0.2, 0.25) is 0 Å². The normalized spacial score (nSPS) is 23.5. The van der Waals surface area contributed by atoms with Crippen LogP contribution in [0.25, 0.3) is 5.65 Å². The molecule has 1 saturated heterocycles. The maximum Gasteiger partial charge on any atom is 0.137 e. The van der Waals surface area contributed by atoms with E-state index < -0.39 is 0 Å². The fraction of sp³-hybridized carbons (Fsp3) is 0.562. The van der Waals surface area contributed by atoms with Crippen molar-refractivity contribution < 1.29 is 5.11 Å². The molecule has 0 radical (unpaired) electrons. The van der Waals surface area contributed by atoms with E-state index in [0.29, 0.717) is 6.04 Å². The van der Waals surface area contributed by atoms with Crippen LogP contribution in [0.15, 0.2) is 24.5 Å². The molecule has 5 nitrogen and oxygen atoms in total. The average Bonchev–Trinajstić information content (AvgIpc) is 2.92. The van der Waals surface area contributed by atoms with Crippen molar-refractivity contribution in [2.24, 2.45) is 0 Å². The summed E-state index contributed by atoms with van der Waals surface area (Å²) >= 11 is 0. The summed E-state index contributed by atoms with van der Waals surface area (Å²) in [7, 11) is 4.16. The smallest absolute Gasteiger partial charge is 0.137 e. The van der Waals surface area contributed by atoms with Gasteiger partial charge in [0.1, 0.15) is 5.65 Å². The van der Waals surface area contributed by atoms with Crippen LogP contribution in [0.5, 0.6) is 0 Å². The lowest BCUT2D eigenvalue weighted by molar-refractivity contribution is 0.168. The van der Waals surface area contributed by atoms with Gasteiger partial charge in [-0.3, -0.25) is 4.90 Å². The number of nitrogens with zero attached hydrogens (tertiary/aromatic N) is 4. The van der Waals surface area contributed by atoms with Gasteiger partial charge in [0.25, 0.3) is 0 Å². The van der Waals surface area contributed by atoms with Gasteiger partial charge >= 0.3 is 0 Å². The number of imidazole rings is 1. The van der Waals surface area contributed by atoms with Gasteiger partial charge in [0.15, 0.2) is 0 Å². The number of aryl methyl sites for hydroxylation is 1. The number of aliphatic hydroxyl groups excluding tert-OH is 1. The maximum absolute atomic E-state index is 9.95. The number of aromatic nitrogens is 2. The zero-order valence-corrected chi connectivity index (χ0v) is 13.0. The minimum absolute atomic E-state index is 0.214. The Bertz CT molecular complexity index is 622. The first-order valence-corrected chi connectivity index (χ1v) is 7.52. The fourth-order valence-corrected chi connectivity index (χ4v) is 3.20. The number of rotatable bonds is 4. The number of hydrogen-bond donors (Lipinski definition) is 1. The van der Waals surface area contributed by atoms with Crippen LogP contribution in [0.2, 0.25) is 0 Å². The van der Waals surface area contributed by atoms with Crippen LogP contribution >= 0.6 is 0 Å². The van der Waals surface area contributed by atoms with Crippen molar-refractivity contribution in [1.82, 2.24) is 19.2 Å². The highest BCUT2D eigenvalue weighted by Crippen LogP contribution is 2.21. The molecule has 2 aromatic heterocycles. The molecule has 21 heavy (non-hydrogen) atoms. The molecule has 1 fully saturated rings. The van der Waals surface area contributed by atoms with Gasteiger partial charge in [-0.2, -0.15) is 0 Å². The summed E-state index contributed by atoms with van der Waals surface area (Å²) < 4.78 is 2.08. The number of hydrogen-bond acceptors (Lipinski definition) is 4. The van der Waals surface area contributed by atoms with E-state index in [-0.39, 0.29) is 6.10 Å². The summed E-state index contributed by atoms with van der Waals surface area (Å²) in [6.07, 6.45) is 4.83. The zero-order chi connectivity index (χ0) is 15.0. The minimum Gasteiger partial charge on any atom is -0.392 e. The van der Waals surface area contributed by atoms with Crippen molar-refractivity contribution in [1.29, 1.82) is 0 Å². The summed E-state index contributed by atoms with van der Waals surface area (Å²) in [4.78, 5) is 9.21. The topological polar surface area (TPSA) is 44.0 Å². The third-order valence-electron chi connectivity index (χ3n) is 4.10.